The largest absolute Gasteiger partial charge is 0.384 e. The van der Waals surface area contributed by atoms with Gasteiger partial charge in [0.15, 0.2) is 0 Å². The number of aryl methyl sites for hydroxylation is 1. The monoisotopic (exact) mass is 204 g/mol. The molecule has 2 aromatic rings. The van der Waals surface area contributed by atoms with Gasteiger partial charge in [0.2, 0.25) is 5.82 Å². The molecule has 15 heavy (non-hydrogen) atoms. The summed E-state index contributed by atoms with van der Waals surface area (Å²) >= 11 is 0. The molecule has 0 bridgehead atoms. The van der Waals surface area contributed by atoms with Gasteiger partial charge in [0.05, 0.1) is 0 Å². The van der Waals surface area contributed by atoms with Crippen LogP contribution in [0.4, 0.5) is 0 Å². The Morgan fingerprint density at radius 3 is 2.67 bits per heavy atom. The van der Waals surface area contributed by atoms with Gasteiger partial charge in [0.1, 0.15) is 6.10 Å². The van der Waals surface area contributed by atoms with E-state index in [1.807, 2.05) is 31.2 Å². The van der Waals surface area contributed by atoms with Crippen molar-refractivity contribution in [2.24, 2.45) is 0 Å². The first-order chi connectivity index (χ1) is 7.18. The third kappa shape index (κ3) is 1.89. The second kappa shape index (κ2) is 3.82. The summed E-state index contributed by atoms with van der Waals surface area (Å²) in [4.78, 5) is 4.11. The van der Waals surface area contributed by atoms with E-state index in [-0.39, 0.29) is 5.89 Å². The van der Waals surface area contributed by atoms with Crippen LogP contribution in [-0.4, -0.2) is 15.2 Å². The summed E-state index contributed by atoms with van der Waals surface area (Å²) in [5, 5.41) is 13.1. The van der Waals surface area contributed by atoms with Gasteiger partial charge in [-0.05, 0) is 19.4 Å². The quantitative estimate of drug-likeness (QED) is 0.813. The summed E-state index contributed by atoms with van der Waals surface area (Å²) in [5.74, 6) is 0.761. The molecule has 0 spiro atoms. The second-order valence-electron chi connectivity index (χ2n) is 3.45. The third-order valence-corrected chi connectivity index (χ3v) is 2.19. The van der Waals surface area contributed by atoms with E-state index in [1.54, 1.807) is 6.92 Å². The van der Waals surface area contributed by atoms with Crippen molar-refractivity contribution in [2.45, 2.75) is 20.0 Å². The highest BCUT2D eigenvalue weighted by Gasteiger charge is 2.13. The van der Waals surface area contributed by atoms with Crippen LogP contribution in [0.1, 0.15) is 24.5 Å². The summed E-state index contributed by atoms with van der Waals surface area (Å²) in [5.41, 5.74) is 2.00. The van der Waals surface area contributed by atoms with Crippen molar-refractivity contribution in [1.29, 1.82) is 0 Å². The van der Waals surface area contributed by atoms with E-state index in [9.17, 15) is 5.11 Å². The fourth-order valence-electron chi connectivity index (χ4n) is 1.34. The highest BCUT2D eigenvalue weighted by molar-refractivity contribution is 5.58. The van der Waals surface area contributed by atoms with Gasteiger partial charge in [-0.2, -0.15) is 4.98 Å². The molecule has 0 aliphatic rings. The number of aromatic nitrogens is 2. The molecule has 78 valence electrons. The van der Waals surface area contributed by atoms with Crippen LogP contribution in [0.3, 0.4) is 0 Å². The van der Waals surface area contributed by atoms with Crippen LogP contribution < -0.4 is 0 Å². The van der Waals surface area contributed by atoms with E-state index in [2.05, 4.69) is 10.1 Å². The molecular weight excluding hydrogens is 192 g/mol. The normalized spacial score (nSPS) is 12.7. The van der Waals surface area contributed by atoms with E-state index >= 15 is 0 Å². The molecule has 4 heteroatoms. The molecule has 0 fully saturated rings. The molecule has 0 saturated carbocycles. The van der Waals surface area contributed by atoms with E-state index in [0.29, 0.717) is 5.82 Å². The van der Waals surface area contributed by atoms with E-state index in [4.69, 9.17) is 4.52 Å². The van der Waals surface area contributed by atoms with Gasteiger partial charge in [0, 0.05) is 5.56 Å². The number of aliphatic hydroxyl groups is 1. The minimum atomic E-state index is -0.727. The molecule has 1 atom stereocenters. The molecule has 4 nitrogen and oxygen atoms in total. The maximum atomic E-state index is 9.26. The first kappa shape index (κ1) is 9.86. The molecule has 0 aliphatic heterocycles. The SMILES string of the molecule is Cc1ccccc1-c1noc([C@H](C)O)n1. The number of rotatable bonds is 2. The molecule has 0 unspecified atom stereocenters. The van der Waals surface area contributed by atoms with Gasteiger partial charge >= 0.3 is 0 Å². The Hall–Kier alpha value is -1.68. The van der Waals surface area contributed by atoms with Crippen LogP contribution in [0.15, 0.2) is 28.8 Å². The Balaban J connectivity index is 2.42. The highest BCUT2D eigenvalue weighted by Crippen LogP contribution is 2.21. The second-order valence-corrected chi connectivity index (χ2v) is 3.45. The lowest BCUT2D eigenvalue weighted by molar-refractivity contribution is 0.152. The summed E-state index contributed by atoms with van der Waals surface area (Å²) < 4.78 is 4.92. The average Bonchev–Trinajstić information content (AvgIpc) is 2.67. The zero-order valence-electron chi connectivity index (χ0n) is 8.64. The zero-order valence-corrected chi connectivity index (χ0v) is 8.64. The zero-order chi connectivity index (χ0) is 10.8. The van der Waals surface area contributed by atoms with Crippen LogP contribution in [0.2, 0.25) is 0 Å². The van der Waals surface area contributed by atoms with Crippen LogP contribution in [0.5, 0.6) is 0 Å². The van der Waals surface area contributed by atoms with Crippen molar-refractivity contribution >= 4 is 0 Å². The molecule has 1 aromatic heterocycles. The number of aliphatic hydroxyl groups excluding tert-OH is 1. The van der Waals surface area contributed by atoms with Crippen LogP contribution >= 0.6 is 0 Å². The molecular formula is C11H12N2O2. The number of benzene rings is 1. The lowest BCUT2D eigenvalue weighted by Crippen LogP contribution is -1.91. The van der Waals surface area contributed by atoms with Crippen molar-refractivity contribution in [3.63, 3.8) is 0 Å². The molecule has 0 aliphatic carbocycles. The van der Waals surface area contributed by atoms with Crippen molar-refractivity contribution in [3.05, 3.63) is 35.7 Å². The molecule has 0 saturated heterocycles. The lowest BCUT2D eigenvalue weighted by Gasteiger charge is -1.98. The third-order valence-electron chi connectivity index (χ3n) is 2.19. The van der Waals surface area contributed by atoms with Crippen LogP contribution in [0, 0.1) is 6.92 Å². The highest BCUT2D eigenvalue weighted by atomic mass is 16.5. The summed E-state index contributed by atoms with van der Waals surface area (Å²) in [7, 11) is 0. The Labute approximate surface area is 87.6 Å². The average molecular weight is 204 g/mol. The minimum Gasteiger partial charge on any atom is -0.384 e. The fourth-order valence-corrected chi connectivity index (χ4v) is 1.34. The lowest BCUT2D eigenvalue weighted by atomic mass is 10.1. The maximum Gasteiger partial charge on any atom is 0.255 e. The predicted octanol–water partition coefficient (Wildman–Crippen LogP) is 2.10. The molecule has 1 heterocycles. The topological polar surface area (TPSA) is 59.2 Å². The van der Waals surface area contributed by atoms with Gasteiger partial charge < -0.3 is 9.63 Å². The summed E-state index contributed by atoms with van der Waals surface area (Å²) in [6.45, 7) is 3.57. The number of hydrogen-bond donors (Lipinski definition) is 1. The standard InChI is InChI=1S/C11H12N2O2/c1-7-5-3-4-6-9(7)10-12-11(8(2)14)15-13-10/h3-6,8,14H,1-2H3/t8-/m0/s1. The fraction of sp³-hybridized carbons (Fsp3) is 0.273. The Bertz CT molecular complexity index is 463. The Kier molecular flexibility index (Phi) is 2.51. The van der Waals surface area contributed by atoms with Crippen molar-refractivity contribution in [3.8, 4) is 11.4 Å². The van der Waals surface area contributed by atoms with Gasteiger partial charge in [-0.25, -0.2) is 0 Å². The van der Waals surface area contributed by atoms with Crippen LogP contribution in [-0.2, 0) is 0 Å². The Morgan fingerprint density at radius 1 is 1.33 bits per heavy atom. The summed E-state index contributed by atoms with van der Waals surface area (Å²) in [6.07, 6.45) is -0.727. The maximum absolute atomic E-state index is 9.26. The van der Waals surface area contributed by atoms with E-state index in [0.717, 1.165) is 11.1 Å². The molecule has 0 amide bonds. The van der Waals surface area contributed by atoms with Crippen molar-refractivity contribution in [1.82, 2.24) is 10.1 Å². The molecule has 1 aromatic carbocycles. The van der Waals surface area contributed by atoms with Gasteiger partial charge in [-0.3, -0.25) is 0 Å². The summed E-state index contributed by atoms with van der Waals surface area (Å²) in [6, 6.07) is 7.77. The first-order valence-corrected chi connectivity index (χ1v) is 4.76. The molecule has 2 rings (SSSR count). The Morgan fingerprint density at radius 2 is 2.07 bits per heavy atom. The van der Waals surface area contributed by atoms with Crippen molar-refractivity contribution in [2.75, 3.05) is 0 Å². The van der Waals surface area contributed by atoms with Crippen LogP contribution in [0.25, 0.3) is 11.4 Å². The van der Waals surface area contributed by atoms with Gasteiger partial charge in [-0.1, -0.05) is 29.4 Å². The minimum absolute atomic E-state index is 0.244. The first-order valence-electron chi connectivity index (χ1n) is 4.76. The smallest absolute Gasteiger partial charge is 0.255 e. The van der Waals surface area contributed by atoms with Gasteiger partial charge in [0.25, 0.3) is 5.89 Å². The molecule has 1 N–H and O–H groups in total. The number of hydrogen-bond acceptors (Lipinski definition) is 4. The van der Waals surface area contributed by atoms with E-state index < -0.39 is 6.10 Å². The predicted molar refractivity (Wildman–Crippen MR) is 55.1 cm³/mol. The van der Waals surface area contributed by atoms with Gasteiger partial charge in [-0.15, -0.1) is 0 Å². The van der Waals surface area contributed by atoms with E-state index in [1.165, 1.54) is 0 Å². The number of nitrogens with zero attached hydrogens (tertiary/aromatic N) is 2. The van der Waals surface area contributed by atoms with Crippen molar-refractivity contribution < 1.29 is 9.63 Å². The molecule has 0 radical (unpaired) electrons.